The highest BCUT2D eigenvalue weighted by molar-refractivity contribution is 5.82. The Bertz CT molecular complexity index is 858. The van der Waals surface area contributed by atoms with Crippen LogP contribution in [0.25, 0.3) is 16.7 Å². The number of nitrogens with zero attached hydrogens (tertiary/aromatic N) is 3. The fourth-order valence-corrected chi connectivity index (χ4v) is 2.33. The van der Waals surface area contributed by atoms with Gasteiger partial charge in [0.15, 0.2) is 0 Å². The lowest BCUT2D eigenvalue weighted by Crippen LogP contribution is -2.01. The molecule has 0 fully saturated rings. The summed E-state index contributed by atoms with van der Waals surface area (Å²) >= 11 is 0. The molecule has 1 heterocycles. The van der Waals surface area contributed by atoms with Gasteiger partial charge in [-0.1, -0.05) is 6.07 Å². The number of halogens is 1. The first kappa shape index (κ1) is 12.2. The predicted molar refractivity (Wildman–Crippen MR) is 74.9 cm³/mol. The summed E-state index contributed by atoms with van der Waals surface area (Å²) in [7, 11) is 0. The van der Waals surface area contributed by atoms with Gasteiger partial charge in [-0.05, 0) is 37.3 Å². The largest absolute Gasteiger partial charge is 0.399 e. The van der Waals surface area contributed by atoms with Gasteiger partial charge in [-0.15, -0.1) is 0 Å². The zero-order valence-corrected chi connectivity index (χ0v) is 10.8. The highest BCUT2D eigenvalue weighted by Gasteiger charge is 2.15. The summed E-state index contributed by atoms with van der Waals surface area (Å²) in [4.78, 5) is 4.41. The van der Waals surface area contributed by atoms with Gasteiger partial charge in [0.1, 0.15) is 23.3 Å². The van der Waals surface area contributed by atoms with Gasteiger partial charge >= 0.3 is 0 Å². The molecule has 1 aromatic heterocycles. The van der Waals surface area contributed by atoms with E-state index in [0.717, 1.165) is 11.0 Å². The van der Waals surface area contributed by atoms with Crippen LogP contribution in [0.15, 0.2) is 36.4 Å². The third-order valence-corrected chi connectivity index (χ3v) is 3.19. The Morgan fingerprint density at radius 1 is 1.30 bits per heavy atom. The van der Waals surface area contributed by atoms with Crippen molar-refractivity contribution in [3.63, 3.8) is 0 Å². The molecule has 0 spiro atoms. The number of hydrogen-bond donors (Lipinski definition) is 1. The maximum absolute atomic E-state index is 13.8. The van der Waals surface area contributed by atoms with Crippen molar-refractivity contribution in [1.82, 2.24) is 9.55 Å². The van der Waals surface area contributed by atoms with Crippen LogP contribution in [-0.2, 0) is 0 Å². The van der Waals surface area contributed by atoms with E-state index in [1.807, 2.05) is 19.1 Å². The molecule has 0 aliphatic rings. The van der Waals surface area contributed by atoms with E-state index in [-0.39, 0.29) is 5.56 Å². The quantitative estimate of drug-likeness (QED) is 0.688. The Balaban J connectivity index is 2.39. The third-order valence-electron chi connectivity index (χ3n) is 3.19. The van der Waals surface area contributed by atoms with Gasteiger partial charge in [0.2, 0.25) is 0 Å². The van der Waals surface area contributed by atoms with Gasteiger partial charge in [0.25, 0.3) is 0 Å². The number of nitriles is 1. The van der Waals surface area contributed by atoms with Crippen molar-refractivity contribution in [2.45, 2.75) is 6.92 Å². The molecule has 0 bridgehead atoms. The van der Waals surface area contributed by atoms with Crippen LogP contribution in [0, 0.1) is 24.1 Å². The molecular formula is C15H11FN4. The zero-order chi connectivity index (χ0) is 14.3. The lowest BCUT2D eigenvalue weighted by molar-refractivity contribution is 0.622. The molecule has 3 rings (SSSR count). The van der Waals surface area contributed by atoms with Gasteiger partial charge in [-0.2, -0.15) is 5.26 Å². The topological polar surface area (TPSA) is 67.6 Å². The first-order valence-electron chi connectivity index (χ1n) is 6.05. The SMILES string of the molecule is Cc1nc2cc(N)ccc2n1-c1cccc(F)c1C#N. The van der Waals surface area contributed by atoms with Crippen LogP contribution in [0.5, 0.6) is 0 Å². The van der Waals surface area contributed by atoms with E-state index in [4.69, 9.17) is 11.0 Å². The van der Waals surface area contributed by atoms with Gasteiger partial charge in [-0.25, -0.2) is 9.37 Å². The molecule has 0 unspecified atom stereocenters. The van der Waals surface area contributed by atoms with Crippen molar-refractivity contribution in [2.24, 2.45) is 0 Å². The van der Waals surface area contributed by atoms with Crippen molar-refractivity contribution in [1.29, 1.82) is 5.26 Å². The molecule has 0 aliphatic carbocycles. The maximum Gasteiger partial charge on any atom is 0.143 e. The van der Waals surface area contributed by atoms with E-state index >= 15 is 0 Å². The van der Waals surface area contributed by atoms with E-state index in [0.29, 0.717) is 17.2 Å². The van der Waals surface area contributed by atoms with Crippen LogP contribution in [-0.4, -0.2) is 9.55 Å². The monoisotopic (exact) mass is 266 g/mol. The van der Waals surface area contributed by atoms with Crippen LogP contribution < -0.4 is 5.73 Å². The van der Waals surface area contributed by atoms with Crippen LogP contribution in [0.4, 0.5) is 10.1 Å². The minimum absolute atomic E-state index is 0.00623. The van der Waals surface area contributed by atoms with E-state index in [9.17, 15) is 4.39 Å². The van der Waals surface area contributed by atoms with Crippen molar-refractivity contribution in [3.8, 4) is 11.8 Å². The van der Waals surface area contributed by atoms with Crippen LogP contribution >= 0.6 is 0 Å². The molecular weight excluding hydrogens is 255 g/mol. The van der Waals surface area contributed by atoms with Crippen LogP contribution in [0.1, 0.15) is 11.4 Å². The highest BCUT2D eigenvalue weighted by Crippen LogP contribution is 2.26. The molecule has 0 saturated heterocycles. The highest BCUT2D eigenvalue weighted by atomic mass is 19.1. The molecule has 5 heteroatoms. The zero-order valence-electron chi connectivity index (χ0n) is 10.8. The van der Waals surface area contributed by atoms with Gasteiger partial charge in [0.05, 0.1) is 16.7 Å². The molecule has 2 N–H and O–H groups in total. The predicted octanol–water partition coefficient (Wildman–Crippen LogP) is 2.93. The lowest BCUT2D eigenvalue weighted by atomic mass is 10.1. The molecule has 0 aliphatic heterocycles. The Morgan fingerprint density at radius 2 is 2.10 bits per heavy atom. The fraction of sp³-hybridized carbons (Fsp3) is 0.0667. The molecule has 98 valence electrons. The van der Waals surface area contributed by atoms with Gasteiger partial charge in [-0.3, -0.25) is 4.57 Å². The molecule has 2 aromatic carbocycles. The Labute approximate surface area is 114 Å². The van der Waals surface area contributed by atoms with E-state index in [2.05, 4.69) is 4.98 Å². The van der Waals surface area contributed by atoms with Crippen LogP contribution in [0.2, 0.25) is 0 Å². The fourth-order valence-electron chi connectivity index (χ4n) is 2.33. The maximum atomic E-state index is 13.8. The number of aromatic nitrogens is 2. The number of hydrogen-bond acceptors (Lipinski definition) is 3. The van der Waals surface area contributed by atoms with Crippen molar-refractivity contribution < 1.29 is 4.39 Å². The Hall–Kier alpha value is -2.87. The molecule has 0 radical (unpaired) electrons. The number of fused-ring (bicyclic) bond motifs is 1. The molecule has 20 heavy (non-hydrogen) atoms. The number of imidazole rings is 1. The normalized spacial score (nSPS) is 10.7. The lowest BCUT2D eigenvalue weighted by Gasteiger charge is -2.09. The average molecular weight is 266 g/mol. The first-order valence-corrected chi connectivity index (χ1v) is 6.05. The number of benzene rings is 2. The van der Waals surface area contributed by atoms with E-state index < -0.39 is 5.82 Å². The second-order valence-corrected chi connectivity index (χ2v) is 4.49. The third kappa shape index (κ3) is 1.70. The summed E-state index contributed by atoms with van der Waals surface area (Å²) in [5, 5.41) is 9.16. The number of rotatable bonds is 1. The molecule has 0 saturated carbocycles. The first-order chi connectivity index (χ1) is 9.61. The summed E-state index contributed by atoms with van der Waals surface area (Å²) in [6, 6.07) is 11.8. The van der Waals surface area contributed by atoms with Crippen molar-refractivity contribution in [2.75, 3.05) is 5.73 Å². The standard InChI is InChI=1S/C15H11FN4/c1-9-19-13-7-10(18)5-6-15(13)20(9)14-4-2-3-12(16)11(14)8-17/h2-7H,18H2,1H3. The summed E-state index contributed by atoms with van der Waals surface area (Å²) in [6.07, 6.45) is 0. The minimum atomic E-state index is -0.540. The second-order valence-electron chi connectivity index (χ2n) is 4.49. The summed E-state index contributed by atoms with van der Waals surface area (Å²) in [5.41, 5.74) is 8.35. The van der Waals surface area contributed by atoms with Crippen molar-refractivity contribution >= 4 is 16.7 Å². The molecule has 3 aromatic rings. The molecule has 0 amide bonds. The minimum Gasteiger partial charge on any atom is -0.399 e. The second kappa shape index (κ2) is 4.35. The summed E-state index contributed by atoms with van der Waals surface area (Å²) < 4.78 is 15.5. The summed E-state index contributed by atoms with van der Waals surface area (Å²) in [6.45, 7) is 1.81. The Kier molecular flexibility index (Phi) is 2.65. The number of nitrogen functional groups attached to an aromatic ring is 1. The molecule has 0 atom stereocenters. The molecule has 4 nitrogen and oxygen atoms in total. The van der Waals surface area contributed by atoms with Crippen molar-refractivity contribution in [3.05, 3.63) is 53.6 Å². The number of anilines is 1. The van der Waals surface area contributed by atoms with Crippen LogP contribution in [0.3, 0.4) is 0 Å². The van der Waals surface area contributed by atoms with Gasteiger partial charge < -0.3 is 5.73 Å². The number of nitrogens with two attached hydrogens (primary N) is 1. The van der Waals surface area contributed by atoms with Gasteiger partial charge in [0, 0.05) is 5.69 Å². The smallest absolute Gasteiger partial charge is 0.143 e. The number of aryl methyl sites for hydroxylation is 1. The Morgan fingerprint density at radius 3 is 2.85 bits per heavy atom. The van der Waals surface area contributed by atoms with E-state index in [1.165, 1.54) is 6.07 Å². The summed E-state index contributed by atoms with van der Waals surface area (Å²) in [5.74, 6) is 0.134. The van der Waals surface area contributed by atoms with E-state index in [1.54, 1.807) is 28.8 Å². The average Bonchev–Trinajstić information content (AvgIpc) is 2.73.